The van der Waals surface area contributed by atoms with E-state index in [4.69, 9.17) is 21.9 Å². The number of rotatable bonds is 17. The molecule has 8 heteroatoms. The van der Waals surface area contributed by atoms with Gasteiger partial charge in [-0.25, -0.2) is 9.97 Å². The molecule has 2 aromatic heterocycles. The van der Waals surface area contributed by atoms with Gasteiger partial charge < -0.3 is 31.1 Å². The van der Waals surface area contributed by atoms with Crippen molar-refractivity contribution in [2.45, 2.75) is 493 Å². The van der Waals surface area contributed by atoms with Gasteiger partial charge in [0.05, 0.1) is 6.10 Å². The number of nitrogens with zero attached hydrogens (tertiary/aromatic N) is 4. The molecule has 14 rings (SSSR count). The van der Waals surface area contributed by atoms with E-state index >= 15 is 0 Å². The Morgan fingerprint density at radius 1 is 0.424 bits per heavy atom. The molecule has 0 saturated heterocycles. The highest BCUT2D eigenvalue weighted by atomic mass is 16.5. The molecule has 12 aliphatic rings. The molecule has 6 N–H and O–H groups in total. The molecule has 12 fully saturated rings. The molecule has 12 saturated carbocycles. The molecule has 690 valence electrons. The van der Waals surface area contributed by atoms with Gasteiger partial charge >= 0.3 is 0 Å². The Bertz CT molecular complexity index is 2900. The van der Waals surface area contributed by atoms with Gasteiger partial charge in [-0.05, 0) is 339 Å². The molecule has 1 spiro atoms. The summed E-state index contributed by atoms with van der Waals surface area (Å²) in [7, 11) is 4.22. The van der Waals surface area contributed by atoms with Crippen molar-refractivity contribution in [1.29, 1.82) is 0 Å². The third-order valence-electron chi connectivity index (χ3n) is 35.6. The van der Waals surface area contributed by atoms with Crippen molar-refractivity contribution in [3.8, 4) is 0 Å². The summed E-state index contributed by atoms with van der Waals surface area (Å²) in [5.74, 6) is 22.6. The van der Waals surface area contributed by atoms with Gasteiger partial charge in [0, 0.05) is 74.4 Å². The number of imidazole rings is 2. The lowest BCUT2D eigenvalue weighted by atomic mass is 9.49. The Kier molecular flexibility index (Phi) is 42.2. The standard InChI is InChI=1S/C14H26O.C14H28.2C13H22N2.C13H27N.C12H25N.2C12H22.C7H15N/c1-4-15-13-10-12(11(2)3)14(13)8-6-5-7-9-14;1-7-14(6)9-12(11(2)3)8-13(4,5)10-14;2*1-10(2)11-5-4-6-12(9-11)13-14-7-8-15(13)3;1-10(2)13(5)8-6-11(7-9-13)12(3,4)14;1-9(2)12(5)7-10(13)6-11(3,4)8-12;2*1-9(2)11-4-3-5-12(8-11)10-6-7-10;1-6(2)7(8)4-3-5-7/h11-13H,4-10H2,1-3H3;11-12H,7-10H2,1-6H3;2*7-8,10-12H,4-6,9H2,1-3H3;10-11H,6-9,14H2,1-5H3;9-10H,6-8,13H2,1-5H3;2*9-12H,3-8H2,1-2H3;6H,3-5,8H2,1-2H3/t;;2*11-,12+;;;2*11-,12+;/m..10..10./s1. The van der Waals surface area contributed by atoms with Gasteiger partial charge in [0.2, 0.25) is 0 Å². The van der Waals surface area contributed by atoms with E-state index in [0.29, 0.717) is 62.4 Å². The average molecular weight is 1650 g/mol. The number of aromatic nitrogens is 4. The molecule has 8 nitrogen and oxygen atoms in total. The van der Waals surface area contributed by atoms with Crippen molar-refractivity contribution in [3.63, 3.8) is 0 Å². The summed E-state index contributed by atoms with van der Waals surface area (Å²) in [6.07, 6.45) is 65.0. The second kappa shape index (κ2) is 47.4. The van der Waals surface area contributed by atoms with Gasteiger partial charge in [-0.15, -0.1) is 0 Å². The monoisotopic (exact) mass is 1640 g/mol. The first-order valence-corrected chi connectivity index (χ1v) is 51.9. The van der Waals surface area contributed by atoms with Crippen LogP contribution in [-0.4, -0.2) is 48.9 Å². The maximum Gasteiger partial charge on any atom is 0.111 e. The molecular formula is C110H209N7O. The molecule has 0 aliphatic heterocycles. The Morgan fingerprint density at radius 3 is 1.16 bits per heavy atom. The zero-order valence-electron chi connectivity index (χ0n) is 85.1. The van der Waals surface area contributed by atoms with E-state index in [9.17, 15) is 0 Å². The highest BCUT2D eigenvalue weighted by Gasteiger charge is 2.56. The van der Waals surface area contributed by atoms with Crippen LogP contribution in [-0.2, 0) is 18.8 Å². The second-order valence-electron chi connectivity index (χ2n) is 49.8. The van der Waals surface area contributed by atoms with Gasteiger partial charge in [-0.1, -0.05) is 270 Å². The first-order chi connectivity index (χ1) is 55.0. The van der Waals surface area contributed by atoms with Crippen LogP contribution in [0.2, 0.25) is 0 Å². The molecule has 14 atom stereocenters. The highest BCUT2D eigenvalue weighted by molar-refractivity contribution is 5.07. The molecule has 118 heavy (non-hydrogen) atoms. The maximum absolute atomic E-state index is 6.17. The number of ether oxygens (including phenoxy) is 1. The molecule has 2 aromatic rings. The lowest BCUT2D eigenvalue weighted by Crippen LogP contribution is -2.57. The van der Waals surface area contributed by atoms with E-state index in [1.54, 1.807) is 51.4 Å². The van der Waals surface area contributed by atoms with Crippen molar-refractivity contribution >= 4 is 0 Å². The minimum absolute atomic E-state index is 0.0261. The number of aryl methyl sites for hydroxylation is 2. The Labute approximate surface area is 737 Å². The van der Waals surface area contributed by atoms with Crippen LogP contribution in [0.3, 0.4) is 0 Å². The molecule has 0 amide bonds. The summed E-state index contributed by atoms with van der Waals surface area (Å²) in [6.45, 7) is 69.1. The van der Waals surface area contributed by atoms with E-state index in [2.05, 4.69) is 246 Å². The fourth-order valence-corrected chi connectivity index (χ4v) is 25.7. The van der Waals surface area contributed by atoms with Crippen molar-refractivity contribution in [2.24, 2.45) is 182 Å². The maximum atomic E-state index is 6.17. The molecule has 12 aliphatic carbocycles. The number of hydrogen-bond acceptors (Lipinski definition) is 6. The predicted molar refractivity (Wildman–Crippen MR) is 517 cm³/mol. The normalized spacial score (nSPS) is 33.5. The topological polar surface area (TPSA) is 123 Å². The van der Waals surface area contributed by atoms with Crippen LogP contribution in [0.15, 0.2) is 24.8 Å². The largest absolute Gasteiger partial charge is 0.378 e. The van der Waals surface area contributed by atoms with Crippen LogP contribution >= 0.6 is 0 Å². The van der Waals surface area contributed by atoms with Crippen LogP contribution in [0.25, 0.3) is 0 Å². The van der Waals surface area contributed by atoms with Crippen LogP contribution in [0.1, 0.15) is 481 Å². The minimum Gasteiger partial charge on any atom is -0.378 e. The average Bonchev–Trinajstić information content (AvgIpc) is 1.08. The van der Waals surface area contributed by atoms with Gasteiger partial charge in [0.25, 0.3) is 0 Å². The van der Waals surface area contributed by atoms with Gasteiger partial charge in [0.15, 0.2) is 0 Å². The highest BCUT2D eigenvalue weighted by Crippen LogP contribution is 2.60. The summed E-state index contributed by atoms with van der Waals surface area (Å²) < 4.78 is 10.3. The SMILES string of the molecule is CC(C)C1(C)CC(N)CC(C)(C)C1.CC(C)C1(C)CCC(C(C)(C)N)CC1.CC(C)C1(N)CCC1.CC(C)[C@@H]1CCC[C@H](C2CC2)C1.CC(C)[C@@H]1CCC[C@H](c2nccn2C)C1.CC(C)[C@H]1CCC[C@@H](C2CC2)C1.CC(C)[C@H]1CCC[C@@H](c2nccn2C)C1.CCC1(C)CC(C(C)C)CC(C)(C)C1.CCOC1CC(C(C)C)C12CCCCC2. The van der Waals surface area contributed by atoms with Crippen molar-refractivity contribution < 1.29 is 4.74 Å². The van der Waals surface area contributed by atoms with Gasteiger partial charge in [-0.3, -0.25) is 0 Å². The predicted octanol–water partition coefficient (Wildman–Crippen LogP) is 31.6. The van der Waals surface area contributed by atoms with E-state index in [1.165, 1.54) is 217 Å². The van der Waals surface area contributed by atoms with E-state index < -0.39 is 0 Å². The van der Waals surface area contributed by atoms with Crippen LogP contribution < -0.4 is 17.2 Å². The van der Waals surface area contributed by atoms with Crippen molar-refractivity contribution in [2.75, 3.05) is 6.61 Å². The number of nitrogens with two attached hydrogens (primary N) is 3. The third-order valence-corrected chi connectivity index (χ3v) is 35.6. The quantitative estimate of drug-likeness (QED) is 0.145. The summed E-state index contributed by atoms with van der Waals surface area (Å²) >= 11 is 0. The molecule has 6 unspecified atom stereocenters. The van der Waals surface area contributed by atoms with Crippen LogP contribution in [0, 0.1) is 151 Å². The lowest BCUT2D eigenvalue weighted by molar-refractivity contribution is -0.184. The van der Waals surface area contributed by atoms with Crippen molar-refractivity contribution in [1.82, 2.24) is 19.1 Å². The Balaban J connectivity index is 0.000000207. The summed E-state index contributed by atoms with van der Waals surface area (Å²) in [5.41, 5.74) is 21.7. The minimum atomic E-state index is 0.0261. The van der Waals surface area contributed by atoms with E-state index in [0.717, 1.165) is 119 Å². The first kappa shape index (κ1) is 105. The molecule has 0 bridgehead atoms. The molecular weight excluding hydrogens is 1440 g/mol. The first-order valence-electron chi connectivity index (χ1n) is 51.9. The third kappa shape index (κ3) is 32.5. The van der Waals surface area contributed by atoms with E-state index in [1.807, 2.05) is 12.4 Å². The molecule has 0 aromatic carbocycles. The smallest absolute Gasteiger partial charge is 0.111 e. The fraction of sp³-hybridized carbons (Fsp3) is 0.945. The summed E-state index contributed by atoms with van der Waals surface area (Å²) in [6, 6.07) is 0.413. The molecule has 0 radical (unpaired) electrons. The van der Waals surface area contributed by atoms with Crippen LogP contribution in [0.5, 0.6) is 0 Å². The van der Waals surface area contributed by atoms with Gasteiger partial charge in [0.1, 0.15) is 11.6 Å². The Morgan fingerprint density at radius 2 is 0.839 bits per heavy atom. The van der Waals surface area contributed by atoms with Crippen molar-refractivity contribution in [3.05, 3.63) is 36.4 Å². The fourth-order valence-electron chi connectivity index (χ4n) is 25.7. The number of hydrogen-bond donors (Lipinski definition) is 3. The second-order valence-corrected chi connectivity index (χ2v) is 49.8. The zero-order chi connectivity index (χ0) is 88.1. The molecule has 2 heterocycles. The lowest BCUT2D eigenvalue weighted by Gasteiger charge is -2.59. The van der Waals surface area contributed by atoms with Crippen LogP contribution in [0.4, 0.5) is 0 Å². The van der Waals surface area contributed by atoms with E-state index in [-0.39, 0.29) is 11.1 Å². The Hall–Kier alpha value is -1.74. The summed E-state index contributed by atoms with van der Waals surface area (Å²) in [4.78, 5) is 8.99. The van der Waals surface area contributed by atoms with Gasteiger partial charge in [-0.2, -0.15) is 0 Å². The zero-order valence-corrected chi connectivity index (χ0v) is 85.1. The summed E-state index contributed by atoms with van der Waals surface area (Å²) in [5, 5.41) is 0.